The van der Waals surface area contributed by atoms with E-state index in [-0.39, 0.29) is 16.8 Å². The molecule has 2 N–H and O–H groups in total. The lowest BCUT2D eigenvalue weighted by molar-refractivity contribution is -0.114. The number of benzene rings is 2. The van der Waals surface area contributed by atoms with Gasteiger partial charge in [-0.15, -0.1) is 0 Å². The number of rotatable bonds is 6. The highest BCUT2D eigenvalue weighted by Gasteiger charge is 2.17. The number of nitrogens with zero attached hydrogens (tertiary/aromatic N) is 1. The van der Waals surface area contributed by atoms with Crippen LogP contribution in [0.15, 0.2) is 30.3 Å². The third kappa shape index (κ3) is 4.35. The number of nitrogens with one attached hydrogen (secondary N) is 2. The Bertz CT molecular complexity index is 1050. The summed E-state index contributed by atoms with van der Waals surface area (Å²) in [5, 5.41) is 6.21. The second kappa shape index (κ2) is 8.45. The molecule has 9 heteroatoms. The summed E-state index contributed by atoms with van der Waals surface area (Å²) in [7, 11) is 1.48. The molecule has 1 heterocycles. The second-order valence-electron chi connectivity index (χ2n) is 5.76. The van der Waals surface area contributed by atoms with E-state index in [0.717, 1.165) is 10.2 Å². The minimum atomic E-state index is -0.371. The molecule has 28 heavy (non-hydrogen) atoms. The highest BCUT2D eigenvalue weighted by atomic mass is 35.5. The molecule has 0 atom stereocenters. The summed E-state index contributed by atoms with van der Waals surface area (Å²) >= 11 is 7.53. The fourth-order valence-corrected chi connectivity index (χ4v) is 3.73. The molecular formula is C19H18ClN3O4S. The summed E-state index contributed by atoms with van der Waals surface area (Å²) in [5.74, 6) is 0.251. The van der Waals surface area contributed by atoms with Gasteiger partial charge < -0.3 is 14.8 Å². The number of methoxy groups -OCH3 is 1. The number of fused-ring (bicyclic) bond motifs is 1. The number of halogens is 1. The molecule has 3 aromatic rings. The number of carbonyl (C=O) groups excluding carboxylic acids is 2. The van der Waals surface area contributed by atoms with Crippen LogP contribution in [-0.2, 0) is 4.79 Å². The van der Waals surface area contributed by atoms with Gasteiger partial charge in [-0.2, -0.15) is 0 Å². The van der Waals surface area contributed by atoms with Crippen LogP contribution in [0.1, 0.15) is 24.2 Å². The Labute approximate surface area is 170 Å². The summed E-state index contributed by atoms with van der Waals surface area (Å²) in [6, 6.07) is 8.43. The number of hydrogen-bond acceptors (Lipinski definition) is 6. The van der Waals surface area contributed by atoms with Crippen LogP contribution in [0, 0.1) is 0 Å². The van der Waals surface area contributed by atoms with Crippen molar-refractivity contribution in [2.24, 2.45) is 0 Å². The molecule has 0 bridgehead atoms. The van der Waals surface area contributed by atoms with E-state index in [1.165, 1.54) is 31.4 Å². The lowest BCUT2D eigenvalue weighted by atomic mass is 10.2. The quantitative estimate of drug-likeness (QED) is 0.611. The normalized spacial score (nSPS) is 10.6. The zero-order valence-electron chi connectivity index (χ0n) is 15.5. The van der Waals surface area contributed by atoms with E-state index in [9.17, 15) is 9.59 Å². The Hall–Kier alpha value is -2.84. The maximum atomic E-state index is 12.6. The molecule has 0 fully saturated rings. The minimum Gasteiger partial charge on any atom is -0.493 e. The Balaban J connectivity index is 1.84. The van der Waals surface area contributed by atoms with Gasteiger partial charge in [-0.25, -0.2) is 4.98 Å². The lowest BCUT2D eigenvalue weighted by Crippen LogP contribution is -2.12. The van der Waals surface area contributed by atoms with E-state index < -0.39 is 0 Å². The Kier molecular flexibility index (Phi) is 6.01. The summed E-state index contributed by atoms with van der Waals surface area (Å²) < 4.78 is 11.6. The number of anilines is 2. The first kappa shape index (κ1) is 19.9. The van der Waals surface area contributed by atoms with Gasteiger partial charge in [-0.3, -0.25) is 14.9 Å². The van der Waals surface area contributed by atoms with Crippen LogP contribution >= 0.6 is 22.9 Å². The molecule has 2 aromatic carbocycles. The van der Waals surface area contributed by atoms with Gasteiger partial charge >= 0.3 is 0 Å². The molecule has 0 spiro atoms. The average molecular weight is 420 g/mol. The van der Waals surface area contributed by atoms with Crippen molar-refractivity contribution < 1.29 is 19.1 Å². The lowest BCUT2D eigenvalue weighted by Gasteiger charge is -2.12. The molecule has 0 saturated carbocycles. The van der Waals surface area contributed by atoms with Gasteiger partial charge in [-0.1, -0.05) is 22.9 Å². The number of amides is 2. The second-order valence-corrected chi connectivity index (χ2v) is 7.20. The van der Waals surface area contributed by atoms with Gasteiger partial charge in [0.25, 0.3) is 5.91 Å². The monoisotopic (exact) mass is 419 g/mol. The zero-order chi connectivity index (χ0) is 20.3. The van der Waals surface area contributed by atoms with E-state index >= 15 is 0 Å². The Morgan fingerprint density at radius 2 is 2.00 bits per heavy atom. The molecule has 0 aliphatic heterocycles. The van der Waals surface area contributed by atoms with E-state index in [4.69, 9.17) is 21.1 Å². The topological polar surface area (TPSA) is 89.5 Å². The van der Waals surface area contributed by atoms with Crippen molar-refractivity contribution in [3.8, 4) is 11.5 Å². The smallest absolute Gasteiger partial charge is 0.257 e. The molecule has 0 saturated heterocycles. The van der Waals surface area contributed by atoms with Gasteiger partial charge in [0, 0.05) is 18.2 Å². The van der Waals surface area contributed by atoms with E-state index in [2.05, 4.69) is 15.6 Å². The third-order valence-corrected chi connectivity index (χ3v) is 4.92. The van der Waals surface area contributed by atoms with Gasteiger partial charge in [0.05, 0.1) is 29.0 Å². The molecule has 0 aliphatic rings. The average Bonchev–Trinajstić information content (AvgIpc) is 3.04. The van der Waals surface area contributed by atoms with Crippen LogP contribution in [-0.4, -0.2) is 30.5 Å². The zero-order valence-corrected chi connectivity index (χ0v) is 17.0. The maximum Gasteiger partial charge on any atom is 0.257 e. The van der Waals surface area contributed by atoms with E-state index in [1.54, 1.807) is 24.3 Å². The van der Waals surface area contributed by atoms with Crippen LogP contribution in [0.25, 0.3) is 10.2 Å². The predicted molar refractivity (Wildman–Crippen MR) is 111 cm³/mol. The van der Waals surface area contributed by atoms with Crippen LogP contribution in [0.3, 0.4) is 0 Å². The van der Waals surface area contributed by atoms with Crippen molar-refractivity contribution in [3.05, 3.63) is 40.9 Å². The first-order valence-corrected chi connectivity index (χ1v) is 9.60. The molecule has 2 amide bonds. The van der Waals surface area contributed by atoms with E-state index in [1.807, 2.05) is 6.92 Å². The summed E-state index contributed by atoms with van der Waals surface area (Å²) in [5.41, 5.74) is 1.71. The molecule has 7 nitrogen and oxygen atoms in total. The van der Waals surface area contributed by atoms with Crippen LogP contribution in [0.4, 0.5) is 10.8 Å². The molecule has 0 radical (unpaired) electrons. The molecule has 0 unspecified atom stereocenters. The Morgan fingerprint density at radius 3 is 2.68 bits per heavy atom. The van der Waals surface area contributed by atoms with Gasteiger partial charge in [-0.05, 0) is 37.3 Å². The fraction of sp³-hybridized carbons (Fsp3) is 0.211. The van der Waals surface area contributed by atoms with Crippen molar-refractivity contribution >= 4 is 55.8 Å². The standard InChI is InChI=1S/C19H18ClN3O4S/c1-4-27-17-13(20)7-11(8-15(17)26-3)18(25)23-19-22-14-6-5-12(21-10(2)24)9-16(14)28-19/h5-9H,4H2,1-3H3,(H,21,24)(H,22,23,25). The van der Waals surface area contributed by atoms with Crippen molar-refractivity contribution in [2.45, 2.75) is 13.8 Å². The summed E-state index contributed by atoms with van der Waals surface area (Å²) in [6.45, 7) is 3.70. The number of aromatic nitrogens is 1. The number of hydrogen-bond donors (Lipinski definition) is 2. The highest BCUT2D eigenvalue weighted by molar-refractivity contribution is 7.22. The van der Waals surface area contributed by atoms with Crippen LogP contribution < -0.4 is 20.1 Å². The van der Waals surface area contributed by atoms with Crippen molar-refractivity contribution in [1.29, 1.82) is 0 Å². The fourth-order valence-electron chi connectivity index (χ4n) is 2.56. The predicted octanol–water partition coefficient (Wildman–Crippen LogP) is 4.57. The van der Waals surface area contributed by atoms with Gasteiger partial charge in [0.1, 0.15) is 0 Å². The Morgan fingerprint density at radius 1 is 1.21 bits per heavy atom. The number of thiazole rings is 1. The third-order valence-electron chi connectivity index (χ3n) is 3.71. The summed E-state index contributed by atoms with van der Waals surface area (Å²) in [6.07, 6.45) is 0. The minimum absolute atomic E-state index is 0.154. The molecule has 1 aromatic heterocycles. The van der Waals surface area contributed by atoms with Crippen LogP contribution in [0.2, 0.25) is 5.02 Å². The first-order chi connectivity index (χ1) is 13.4. The van der Waals surface area contributed by atoms with Crippen molar-refractivity contribution in [2.75, 3.05) is 24.4 Å². The molecule has 0 aliphatic carbocycles. The molecule has 3 rings (SSSR count). The number of carbonyl (C=O) groups is 2. The molecule has 146 valence electrons. The first-order valence-electron chi connectivity index (χ1n) is 8.41. The largest absolute Gasteiger partial charge is 0.493 e. The number of ether oxygens (including phenoxy) is 2. The SMILES string of the molecule is CCOc1c(Cl)cc(C(=O)Nc2nc3ccc(NC(C)=O)cc3s2)cc1OC. The highest BCUT2D eigenvalue weighted by Crippen LogP contribution is 2.37. The van der Waals surface area contributed by atoms with Crippen molar-refractivity contribution in [1.82, 2.24) is 4.98 Å². The summed E-state index contributed by atoms with van der Waals surface area (Å²) in [4.78, 5) is 28.2. The maximum absolute atomic E-state index is 12.6. The van der Waals surface area contributed by atoms with Crippen molar-refractivity contribution in [3.63, 3.8) is 0 Å². The van der Waals surface area contributed by atoms with Crippen LogP contribution in [0.5, 0.6) is 11.5 Å². The molecular weight excluding hydrogens is 402 g/mol. The van der Waals surface area contributed by atoms with Gasteiger partial charge in [0.15, 0.2) is 16.6 Å². The van der Waals surface area contributed by atoms with E-state index in [0.29, 0.717) is 34.5 Å². The van der Waals surface area contributed by atoms with Gasteiger partial charge in [0.2, 0.25) is 5.91 Å².